The van der Waals surface area contributed by atoms with Gasteiger partial charge >= 0.3 is 6.03 Å². The highest BCUT2D eigenvalue weighted by Crippen LogP contribution is 2.46. The first-order valence-corrected chi connectivity index (χ1v) is 11.5. The molecular formula is C27H29N3O3. The van der Waals surface area contributed by atoms with Crippen LogP contribution in [0.3, 0.4) is 0 Å². The third-order valence-electron chi connectivity index (χ3n) is 7.50. The van der Waals surface area contributed by atoms with Crippen LogP contribution >= 0.6 is 0 Å². The second-order valence-electron chi connectivity index (χ2n) is 9.98. The van der Waals surface area contributed by atoms with Gasteiger partial charge in [-0.05, 0) is 54.5 Å². The number of carbonyl (C=O) groups is 3. The highest BCUT2D eigenvalue weighted by atomic mass is 16.2. The summed E-state index contributed by atoms with van der Waals surface area (Å²) in [6.07, 6.45) is 4.73. The number of rotatable bonds is 4. The van der Waals surface area contributed by atoms with E-state index in [1.54, 1.807) is 13.0 Å². The molecule has 6 heteroatoms. The van der Waals surface area contributed by atoms with Crippen molar-refractivity contribution in [2.24, 2.45) is 0 Å². The quantitative estimate of drug-likeness (QED) is 0.576. The van der Waals surface area contributed by atoms with E-state index in [-0.39, 0.29) is 23.7 Å². The lowest BCUT2D eigenvalue weighted by atomic mass is 9.83. The average molecular weight is 444 g/mol. The number of nitrogens with one attached hydrogen (secondary N) is 1. The second-order valence-corrected chi connectivity index (χ2v) is 9.98. The van der Waals surface area contributed by atoms with Gasteiger partial charge in [-0.15, -0.1) is 0 Å². The molecule has 0 radical (unpaired) electrons. The molecule has 0 saturated carbocycles. The molecule has 2 heterocycles. The number of allylic oxidation sites excluding steroid dienone is 1. The molecule has 3 aliphatic rings. The van der Waals surface area contributed by atoms with Gasteiger partial charge in [0.25, 0.3) is 5.91 Å². The number of para-hydroxylation sites is 1. The van der Waals surface area contributed by atoms with Gasteiger partial charge in [0.2, 0.25) is 0 Å². The Kier molecular flexibility index (Phi) is 4.74. The van der Waals surface area contributed by atoms with Gasteiger partial charge in [-0.1, -0.05) is 50.2 Å². The van der Waals surface area contributed by atoms with Gasteiger partial charge in [-0.2, -0.15) is 0 Å². The molecule has 2 aromatic rings. The molecule has 170 valence electrons. The molecule has 1 N–H and O–H groups in total. The van der Waals surface area contributed by atoms with Crippen LogP contribution in [0, 0.1) is 0 Å². The molecule has 1 aliphatic carbocycles. The van der Waals surface area contributed by atoms with Crippen LogP contribution < -0.4 is 10.2 Å². The molecule has 33 heavy (non-hydrogen) atoms. The lowest BCUT2D eigenvalue weighted by molar-refractivity contribution is -0.133. The monoisotopic (exact) mass is 443 g/mol. The van der Waals surface area contributed by atoms with Gasteiger partial charge in [0.1, 0.15) is 5.54 Å². The number of ketones is 1. The van der Waals surface area contributed by atoms with Crippen molar-refractivity contribution >= 4 is 23.4 Å². The fourth-order valence-electron chi connectivity index (χ4n) is 5.53. The zero-order valence-electron chi connectivity index (χ0n) is 19.6. The highest BCUT2D eigenvalue weighted by molar-refractivity contribution is 6.10. The highest BCUT2D eigenvalue weighted by Gasteiger charge is 2.49. The zero-order chi connectivity index (χ0) is 23.5. The summed E-state index contributed by atoms with van der Waals surface area (Å²) in [5.74, 6) is -0.668. The summed E-state index contributed by atoms with van der Waals surface area (Å²) >= 11 is 0. The van der Waals surface area contributed by atoms with Gasteiger partial charge in [-0.3, -0.25) is 14.5 Å². The Hall–Kier alpha value is -3.41. The van der Waals surface area contributed by atoms with Crippen molar-refractivity contribution in [1.82, 2.24) is 10.2 Å². The van der Waals surface area contributed by atoms with Crippen LogP contribution in [0.1, 0.15) is 49.4 Å². The van der Waals surface area contributed by atoms with Crippen LogP contribution in [0.15, 0.2) is 54.2 Å². The van der Waals surface area contributed by atoms with E-state index < -0.39 is 11.6 Å². The molecule has 1 unspecified atom stereocenters. The van der Waals surface area contributed by atoms with E-state index >= 15 is 0 Å². The van der Waals surface area contributed by atoms with Crippen molar-refractivity contribution in [3.63, 3.8) is 0 Å². The SMILES string of the molecule is CN1/C(=C\C(=O)CN2C(=O)NC(C)(c3ccc4c(c3)CCC4)C2=O)C(C)(C)c2ccccc21. The fourth-order valence-corrected chi connectivity index (χ4v) is 5.53. The number of nitrogens with zero attached hydrogens (tertiary/aromatic N) is 2. The minimum absolute atomic E-state index is 0.278. The maximum absolute atomic E-state index is 13.3. The van der Waals surface area contributed by atoms with Crippen LogP contribution in [0.25, 0.3) is 0 Å². The lowest BCUT2D eigenvalue weighted by Gasteiger charge is -2.24. The van der Waals surface area contributed by atoms with Crippen LogP contribution in [0.4, 0.5) is 10.5 Å². The summed E-state index contributed by atoms with van der Waals surface area (Å²) in [5, 5.41) is 2.83. The molecule has 0 bridgehead atoms. The Labute approximate surface area is 194 Å². The van der Waals surface area contributed by atoms with E-state index in [1.807, 2.05) is 42.3 Å². The standard InChI is InChI=1S/C27H29N3O3/c1-26(2)21-10-5-6-11-22(21)29(4)23(26)15-20(31)16-30-24(32)27(3,28-25(30)33)19-13-12-17-8-7-9-18(17)14-19/h5-6,10-15H,7-9,16H2,1-4H3,(H,28,33)/b23-15-. The van der Waals surface area contributed by atoms with E-state index in [4.69, 9.17) is 0 Å². The Morgan fingerprint density at radius 2 is 1.79 bits per heavy atom. The normalized spacial score (nSPS) is 24.3. The first-order chi connectivity index (χ1) is 15.6. The molecule has 6 nitrogen and oxygen atoms in total. The van der Waals surface area contributed by atoms with Gasteiger partial charge in [0.15, 0.2) is 5.78 Å². The number of amides is 3. The summed E-state index contributed by atoms with van der Waals surface area (Å²) in [4.78, 5) is 42.2. The Morgan fingerprint density at radius 1 is 1.06 bits per heavy atom. The Balaban J connectivity index is 1.38. The third-order valence-corrected chi connectivity index (χ3v) is 7.50. The summed E-state index contributed by atoms with van der Waals surface area (Å²) < 4.78 is 0. The third kappa shape index (κ3) is 3.19. The largest absolute Gasteiger partial charge is 0.347 e. The van der Waals surface area contributed by atoms with E-state index in [0.29, 0.717) is 0 Å². The lowest BCUT2D eigenvalue weighted by Crippen LogP contribution is -2.41. The Bertz CT molecular complexity index is 1230. The number of fused-ring (bicyclic) bond motifs is 2. The van der Waals surface area contributed by atoms with Gasteiger partial charge in [0.05, 0.1) is 6.54 Å². The van der Waals surface area contributed by atoms with Crippen LogP contribution in [0.2, 0.25) is 0 Å². The molecule has 2 aromatic carbocycles. The second kappa shape index (κ2) is 7.30. The number of hydrogen-bond donors (Lipinski definition) is 1. The molecule has 1 atom stereocenters. The topological polar surface area (TPSA) is 69.7 Å². The predicted molar refractivity (Wildman–Crippen MR) is 127 cm³/mol. The van der Waals surface area contributed by atoms with Crippen LogP contribution in [-0.2, 0) is 33.4 Å². The molecule has 1 saturated heterocycles. The minimum atomic E-state index is -1.16. The van der Waals surface area contributed by atoms with E-state index in [0.717, 1.165) is 46.7 Å². The van der Waals surface area contributed by atoms with Crippen molar-refractivity contribution in [1.29, 1.82) is 0 Å². The smallest absolute Gasteiger partial charge is 0.325 e. The average Bonchev–Trinajstić information content (AvgIpc) is 3.40. The first-order valence-electron chi connectivity index (χ1n) is 11.5. The summed E-state index contributed by atoms with van der Waals surface area (Å²) in [7, 11) is 1.94. The van der Waals surface area contributed by atoms with Crippen molar-refractivity contribution in [3.8, 4) is 0 Å². The van der Waals surface area contributed by atoms with Gasteiger partial charge < -0.3 is 10.2 Å². The van der Waals surface area contributed by atoms with Crippen molar-refractivity contribution in [2.75, 3.05) is 18.5 Å². The fraction of sp³-hybridized carbons (Fsp3) is 0.370. The maximum atomic E-state index is 13.3. The maximum Gasteiger partial charge on any atom is 0.325 e. The number of benzene rings is 2. The Morgan fingerprint density at radius 3 is 2.55 bits per heavy atom. The molecule has 0 aromatic heterocycles. The number of likely N-dealkylation sites (N-methyl/N-ethyl adjacent to an activating group) is 1. The summed E-state index contributed by atoms with van der Waals surface area (Å²) in [6, 6.07) is 13.5. The van der Waals surface area contributed by atoms with Crippen molar-refractivity contribution in [2.45, 2.75) is 51.0 Å². The molecule has 1 fully saturated rings. The van der Waals surface area contributed by atoms with Crippen LogP contribution in [-0.4, -0.2) is 36.2 Å². The van der Waals surface area contributed by atoms with Crippen molar-refractivity contribution < 1.29 is 14.4 Å². The molecular weight excluding hydrogens is 414 g/mol. The summed E-state index contributed by atoms with van der Waals surface area (Å²) in [6.45, 7) is 5.59. The number of imide groups is 1. The van der Waals surface area contributed by atoms with Crippen molar-refractivity contribution in [3.05, 3.63) is 76.5 Å². The number of hydrogen-bond acceptors (Lipinski definition) is 4. The molecule has 2 aliphatic heterocycles. The number of anilines is 1. The first kappa shape index (κ1) is 21.4. The zero-order valence-corrected chi connectivity index (χ0v) is 19.6. The van der Waals surface area contributed by atoms with Gasteiger partial charge in [-0.25, -0.2) is 4.79 Å². The molecule has 5 rings (SSSR count). The van der Waals surface area contributed by atoms with E-state index in [1.165, 1.54) is 11.1 Å². The van der Waals surface area contributed by atoms with Gasteiger partial charge in [0, 0.05) is 29.9 Å². The predicted octanol–water partition coefficient (Wildman–Crippen LogP) is 3.82. The molecule has 3 amide bonds. The van der Waals surface area contributed by atoms with E-state index in [9.17, 15) is 14.4 Å². The van der Waals surface area contributed by atoms with Crippen LogP contribution in [0.5, 0.6) is 0 Å². The number of carbonyl (C=O) groups excluding carboxylic acids is 3. The number of urea groups is 1. The summed E-state index contributed by atoms with van der Waals surface area (Å²) in [5.41, 5.74) is 4.85. The molecule has 0 spiro atoms. The van der Waals surface area contributed by atoms with E-state index in [2.05, 4.69) is 31.3 Å². The minimum Gasteiger partial charge on any atom is -0.347 e. The number of aryl methyl sites for hydroxylation is 2.